The van der Waals surface area contributed by atoms with Crippen molar-refractivity contribution < 1.29 is 21.2 Å². The maximum Gasteiger partial charge on any atom is 0.225 e. The zero-order valence-corrected chi connectivity index (χ0v) is 18.1. The van der Waals surface area contributed by atoms with E-state index in [0.717, 1.165) is 6.07 Å². The van der Waals surface area contributed by atoms with Crippen molar-refractivity contribution in [1.29, 1.82) is 0 Å². The number of benzene rings is 1. The SMILES string of the molecule is Cc1ccc(F)c(S(=O)(=O)[C@H]2CS(=O)(=O)C[C@@H]2N2CCN(c3ncccn3)CC2)c1. The van der Waals surface area contributed by atoms with Crippen LogP contribution in [0.4, 0.5) is 10.3 Å². The molecule has 0 saturated carbocycles. The topological polar surface area (TPSA) is 101 Å². The summed E-state index contributed by atoms with van der Waals surface area (Å²) in [4.78, 5) is 11.9. The molecule has 0 spiro atoms. The van der Waals surface area contributed by atoms with Crippen LogP contribution in [0, 0.1) is 12.7 Å². The van der Waals surface area contributed by atoms with Crippen molar-refractivity contribution in [2.24, 2.45) is 0 Å². The average Bonchev–Trinajstić information content (AvgIpc) is 3.07. The Balaban J connectivity index is 1.59. The van der Waals surface area contributed by atoms with Crippen LogP contribution in [0.3, 0.4) is 0 Å². The quantitative estimate of drug-likeness (QED) is 0.665. The Hall–Kier alpha value is -2.11. The van der Waals surface area contributed by atoms with Crippen LogP contribution in [0.2, 0.25) is 0 Å². The molecule has 0 amide bonds. The van der Waals surface area contributed by atoms with Crippen molar-refractivity contribution in [2.45, 2.75) is 23.1 Å². The molecular weight excluding hydrogens is 431 g/mol. The Morgan fingerprint density at radius 2 is 1.73 bits per heavy atom. The Kier molecular flexibility index (Phi) is 5.54. The van der Waals surface area contributed by atoms with Gasteiger partial charge in [0.05, 0.1) is 16.8 Å². The number of anilines is 1. The molecule has 0 unspecified atom stereocenters. The summed E-state index contributed by atoms with van der Waals surface area (Å²) in [6.45, 7) is 3.71. The molecule has 11 heteroatoms. The van der Waals surface area contributed by atoms with E-state index >= 15 is 0 Å². The van der Waals surface area contributed by atoms with E-state index < -0.39 is 47.4 Å². The van der Waals surface area contributed by atoms with Gasteiger partial charge in [0.1, 0.15) is 10.7 Å². The Morgan fingerprint density at radius 1 is 1.07 bits per heavy atom. The van der Waals surface area contributed by atoms with E-state index in [9.17, 15) is 21.2 Å². The molecule has 2 aliphatic rings. The summed E-state index contributed by atoms with van der Waals surface area (Å²) < 4.78 is 65.7. The molecule has 2 aliphatic heterocycles. The molecule has 2 aromatic rings. The number of aryl methyl sites for hydroxylation is 1. The normalized spacial score (nSPS) is 24.8. The number of rotatable bonds is 4. The molecule has 0 bridgehead atoms. The predicted octanol–water partition coefficient (Wildman–Crippen LogP) is 0.686. The lowest BCUT2D eigenvalue weighted by Crippen LogP contribution is -2.55. The maximum atomic E-state index is 14.4. The van der Waals surface area contributed by atoms with Gasteiger partial charge in [-0.15, -0.1) is 0 Å². The smallest absolute Gasteiger partial charge is 0.225 e. The van der Waals surface area contributed by atoms with Crippen LogP contribution in [0.1, 0.15) is 5.56 Å². The minimum Gasteiger partial charge on any atom is -0.338 e. The second-order valence-corrected chi connectivity index (χ2v) is 12.0. The average molecular weight is 455 g/mol. The standard InChI is InChI=1S/C19H23FN4O4S2/c1-14-3-4-15(20)17(11-14)30(27,28)18-13-29(25,26)12-16(18)23-7-9-24(10-8-23)19-21-5-2-6-22-19/h2-6,11,16,18H,7-10,12-13H2,1H3/t16-,18-/m0/s1. The Labute approximate surface area is 175 Å². The van der Waals surface area contributed by atoms with E-state index in [1.165, 1.54) is 12.1 Å². The zero-order valence-electron chi connectivity index (χ0n) is 16.5. The largest absolute Gasteiger partial charge is 0.338 e. The zero-order chi connectivity index (χ0) is 21.5. The third kappa shape index (κ3) is 4.06. The summed E-state index contributed by atoms with van der Waals surface area (Å²) in [6, 6.07) is 4.89. The highest BCUT2D eigenvalue weighted by molar-refractivity contribution is 7.96. The Bertz CT molecular complexity index is 1130. The number of hydrogen-bond donors (Lipinski definition) is 0. The third-order valence-electron chi connectivity index (χ3n) is 5.68. The molecule has 1 aromatic heterocycles. The molecule has 1 aromatic carbocycles. The number of hydrogen-bond acceptors (Lipinski definition) is 8. The van der Waals surface area contributed by atoms with Crippen molar-refractivity contribution in [3.8, 4) is 0 Å². The molecular formula is C19H23FN4O4S2. The van der Waals surface area contributed by atoms with Gasteiger partial charge in [-0.2, -0.15) is 0 Å². The predicted molar refractivity (Wildman–Crippen MR) is 110 cm³/mol. The first kappa shape index (κ1) is 21.1. The summed E-state index contributed by atoms with van der Waals surface area (Å²) >= 11 is 0. The van der Waals surface area contributed by atoms with Crippen LogP contribution in [0.5, 0.6) is 0 Å². The van der Waals surface area contributed by atoms with Gasteiger partial charge in [-0.05, 0) is 30.7 Å². The number of sulfone groups is 2. The molecule has 4 rings (SSSR count). The monoisotopic (exact) mass is 454 g/mol. The van der Waals surface area contributed by atoms with E-state index in [1.807, 2.05) is 9.80 Å². The maximum absolute atomic E-state index is 14.4. The second-order valence-electron chi connectivity index (χ2n) is 7.73. The molecule has 2 atom stereocenters. The third-order valence-corrected chi connectivity index (χ3v) is 9.81. The fraction of sp³-hybridized carbons (Fsp3) is 0.474. The van der Waals surface area contributed by atoms with Crippen LogP contribution in [0.15, 0.2) is 41.6 Å². The highest BCUT2D eigenvalue weighted by Gasteiger charge is 2.49. The fourth-order valence-corrected chi connectivity index (χ4v) is 9.11. The van der Waals surface area contributed by atoms with Gasteiger partial charge in [0, 0.05) is 44.6 Å². The van der Waals surface area contributed by atoms with E-state index in [-0.39, 0.29) is 5.75 Å². The van der Waals surface area contributed by atoms with Crippen molar-refractivity contribution in [3.05, 3.63) is 48.0 Å². The van der Waals surface area contributed by atoms with Gasteiger partial charge in [0.15, 0.2) is 19.7 Å². The lowest BCUT2D eigenvalue weighted by Gasteiger charge is -2.39. The highest BCUT2D eigenvalue weighted by atomic mass is 32.2. The summed E-state index contributed by atoms with van der Waals surface area (Å²) in [7, 11) is -7.72. The lowest BCUT2D eigenvalue weighted by molar-refractivity contribution is 0.201. The summed E-state index contributed by atoms with van der Waals surface area (Å²) in [5.41, 5.74) is 0.601. The number of aromatic nitrogens is 2. The van der Waals surface area contributed by atoms with Crippen molar-refractivity contribution in [2.75, 3.05) is 42.6 Å². The van der Waals surface area contributed by atoms with Crippen LogP contribution in [-0.4, -0.2) is 80.7 Å². The van der Waals surface area contributed by atoms with E-state index in [1.54, 1.807) is 25.4 Å². The molecule has 0 N–H and O–H groups in total. The number of nitrogens with zero attached hydrogens (tertiary/aromatic N) is 4. The van der Waals surface area contributed by atoms with Gasteiger partial charge in [0.2, 0.25) is 5.95 Å². The molecule has 0 aliphatic carbocycles. The van der Waals surface area contributed by atoms with Gasteiger partial charge >= 0.3 is 0 Å². The lowest BCUT2D eigenvalue weighted by atomic mass is 10.2. The van der Waals surface area contributed by atoms with Gasteiger partial charge < -0.3 is 4.90 Å². The van der Waals surface area contributed by atoms with Gasteiger partial charge in [-0.1, -0.05) is 6.07 Å². The molecule has 162 valence electrons. The number of halogens is 1. The molecule has 2 fully saturated rings. The van der Waals surface area contributed by atoms with Crippen molar-refractivity contribution in [1.82, 2.24) is 14.9 Å². The highest BCUT2D eigenvalue weighted by Crippen LogP contribution is 2.31. The Morgan fingerprint density at radius 3 is 2.40 bits per heavy atom. The number of piperazine rings is 1. The molecule has 3 heterocycles. The molecule has 30 heavy (non-hydrogen) atoms. The second kappa shape index (κ2) is 7.86. The summed E-state index contributed by atoms with van der Waals surface area (Å²) in [5, 5.41) is -1.20. The van der Waals surface area contributed by atoms with E-state index in [2.05, 4.69) is 9.97 Å². The minimum absolute atomic E-state index is 0.244. The van der Waals surface area contributed by atoms with Crippen molar-refractivity contribution in [3.63, 3.8) is 0 Å². The molecule has 2 saturated heterocycles. The first-order valence-corrected chi connectivity index (χ1v) is 13.0. The van der Waals surface area contributed by atoms with Crippen molar-refractivity contribution >= 4 is 25.6 Å². The van der Waals surface area contributed by atoms with Gasteiger partial charge in [0.25, 0.3) is 0 Å². The summed E-state index contributed by atoms with van der Waals surface area (Å²) in [6.07, 6.45) is 3.30. The molecule has 0 radical (unpaired) electrons. The van der Waals surface area contributed by atoms with Crippen LogP contribution < -0.4 is 4.90 Å². The van der Waals surface area contributed by atoms with E-state index in [4.69, 9.17) is 0 Å². The first-order valence-electron chi connectivity index (χ1n) is 9.64. The van der Waals surface area contributed by atoms with Gasteiger partial charge in [-0.25, -0.2) is 31.2 Å². The van der Waals surface area contributed by atoms with Crippen LogP contribution >= 0.6 is 0 Å². The molecule has 8 nitrogen and oxygen atoms in total. The van der Waals surface area contributed by atoms with E-state index in [0.29, 0.717) is 37.7 Å². The van der Waals surface area contributed by atoms with Crippen LogP contribution in [0.25, 0.3) is 0 Å². The first-order chi connectivity index (χ1) is 14.2. The van der Waals surface area contributed by atoms with Gasteiger partial charge in [-0.3, -0.25) is 4.90 Å². The fourth-order valence-electron chi connectivity index (χ4n) is 4.13. The van der Waals surface area contributed by atoms with Crippen LogP contribution in [-0.2, 0) is 19.7 Å². The minimum atomic E-state index is -4.16. The summed E-state index contributed by atoms with van der Waals surface area (Å²) in [5.74, 6) is -1.00.